The number of alkyl halides is 3. The number of hydrogen-bond donors (Lipinski definition) is 1. The molecular weight excluding hydrogens is 491 g/mol. The first-order valence-electron chi connectivity index (χ1n) is 11.4. The van der Waals surface area contributed by atoms with Crippen molar-refractivity contribution in [1.29, 1.82) is 0 Å². The van der Waals surface area contributed by atoms with Gasteiger partial charge in [-0.3, -0.25) is 9.69 Å². The molecule has 0 aromatic heterocycles. The number of carbonyl (C=O) groups is 1. The molecule has 0 spiro atoms. The van der Waals surface area contributed by atoms with Crippen LogP contribution in [0.2, 0.25) is 0 Å². The van der Waals surface area contributed by atoms with Crippen molar-refractivity contribution in [1.82, 2.24) is 9.21 Å². The van der Waals surface area contributed by atoms with Crippen molar-refractivity contribution >= 4 is 21.6 Å². The minimum Gasteiger partial charge on any atom is -0.322 e. The lowest BCUT2D eigenvalue weighted by Crippen LogP contribution is -2.48. The van der Waals surface area contributed by atoms with E-state index in [0.29, 0.717) is 43.2 Å². The molecule has 4 rings (SSSR count). The lowest BCUT2D eigenvalue weighted by Gasteiger charge is -2.34. The molecule has 190 valence electrons. The van der Waals surface area contributed by atoms with Crippen LogP contribution in [-0.4, -0.2) is 49.7 Å². The highest BCUT2D eigenvalue weighted by Gasteiger charge is 2.30. The third-order valence-electron chi connectivity index (χ3n) is 6.08. The Bertz CT molecular complexity index is 1300. The fraction of sp³-hybridized carbons (Fsp3) is 0.269. The van der Waals surface area contributed by atoms with Gasteiger partial charge in [0.15, 0.2) is 0 Å². The first-order valence-corrected chi connectivity index (χ1v) is 12.8. The number of nitrogens with zero attached hydrogens (tertiary/aromatic N) is 2. The zero-order valence-corrected chi connectivity index (χ0v) is 20.4. The molecule has 0 atom stereocenters. The van der Waals surface area contributed by atoms with Gasteiger partial charge in [0.05, 0.1) is 10.5 Å². The molecule has 36 heavy (non-hydrogen) atoms. The first-order chi connectivity index (χ1) is 17.0. The number of anilines is 1. The summed E-state index contributed by atoms with van der Waals surface area (Å²) >= 11 is 0. The van der Waals surface area contributed by atoms with E-state index in [2.05, 4.69) is 10.2 Å². The maximum atomic E-state index is 12.9. The van der Waals surface area contributed by atoms with Crippen molar-refractivity contribution in [3.8, 4) is 0 Å². The maximum absolute atomic E-state index is 12.9. The van der Waals surface area contributed by atoms with E-state index in [9.17, 15) is 26.4 Å². The number of amides is 1. The van der Waals surface area contributed by atoms with E-state index in [4.69, 9.17) is 0 Å². The monoisotopic (exact) mass is 517 g/mol. The molecule has 0 unspecified atom stereocenters. The second-order valence-corrected chi connectivity index (χ2v) is 10.7. The number of nitrogens with one attached hydrogen (secondary N) is 1. The number of benzene rings is 3. The Morgan fingerprint density at radius 3 is 2.00 bits per heavy atom. The van der Waals surface area contributed by atoms with Crippen LogP contribution in [0.25, 0.3) is 0 Å². The average molecular weight is 518 g/mol. The van der Waals surface area contributed by atoms with Crippen molar-refractivity contribution in [2.45, 2.75) is 24.5 Å². The topological polar surface area (TPSA) is 69.7 Å². The standard InChI is InChI=1S/C26H26F3N3O3S/c1-19-2-12-24(13-3-19)36(34,35)32-16-14-31(15-17-32)18-20-4-6-21(7-5-20)25(33)30-23-10-8-22(9-11-23)26(27,28)29/h2-13H,14-18H2,1H3,(H,30,33). The molecule has 1 heterocycles. The summed E-state index contributed by atoms with van der Waals surface area (Å²) < 4.78 is 65.3. The number of piperazine rings is 1. The highest BCUT2D eigenvalue weighted by Crippen LogP contribution is 2.30. The summed E-state index contributed by atoms with van der Waals surface area (Å²) in [7, 11) is -3.52. The molecule has 1 aliphatic heterocycles. The highest BCUT2D eigenvalue weighted by molar-refractivity contribution is 7.89. The van der Waals surface area contributed by atoms with E-state index >= 15 is 0 Å². The number of hydrogen-bond acceptors (Lipinski definition) is 4. The van der Waals surface area contributed by atoms with Crippen molar-refractivity contribution in [2.75, 3.05) is 31.5 Å². The van der Waals surface area contributed by atoms with E-state index in [1.165, 1.54) is 16.4 Å². The van der Waals surface area contributed by atoms with Crippen LogP contribution < -0.4 is 5.32 Å². The van der Waals surface area contributed by atoms with Crippen LogP contribution in [0.1, 0.15) is 27.0 Å². The Balaban J connectivity index is 1.30. The van der Waals surface area contributed by atoms with Gasteiger partial charge in [-0.2, -0.15) is 17.5 Å². The minimum absolute atomic E-state index is 0.274. The second kappa shape index (κ2) is 10.4. The third kappa shape index (κ3) is 6.13. The van der Waals surface area contributed by atoms with E-state index in [1.807, 2.05) is 19.1 Å². The number of carbonyl (C=O) groups excluding carboxylic acids is 1. The van der Waals surface area contributed by atoms with Crippen LogP contribution in [0, 0.1) is 6.92 Å². The third-order valence-corrected chi connectivity index (χ3v) is 8.00. The summed E-state index contributed by atoms with van der Waals surface area (Å²) in [6.45, 7) is 4.48. The number of aryl methyl sites for hydroxylation is 1. The van der Waals surface area contributed by atoms with Crippen LogP contribution in [0.15, 0.2) is 77.7 Å². The Kier molecular flexibility index (Phi) is 7.49. The summed E-state index contributed by atoms with van der Waals surface area (Å²) in [5, 5.41) is 2.59. The van der Waals surface area contributed by atoms with Crippen LogP contribution in [-0.2, 0) is 22.7 Å². The van der Waals surface area contributed by atoms with Crippen LogP contribution in [0.5, 0.6) is 0 Å². The van der Waals surface area contributed by atoms with Gasteiger partial charge < -0.3 is 5.32 Å². The van der Waals surface area contributed by atoms with E-state index in [0.717, 1.165) is 23.3 Å². The average Bonchev–Trinajstić information content (AvgIpc) is 2.85. The molecule has 0 aliphatic carbocycles. The van der Waals surface area contributed by atoms with Gasteiger partial charge in [0.25, 0.3) is 5.91 Å². The van der Waals surface area contributed by atoms with Crippen molar-refractivity contribution in [2.24, 2.45) is 0 Å². The number of sulfonamides is 1. The fourth-order valence-electron chi connectivity index (χ4n) is 3.95. The first kappa shape index (κ1) is 25.9. The zero-order chi connectivity index (χ0) is 25.9. The highest BCUT2D eigenvalue weighted by atomic mass is 32.2. The van der Waals surface area contributed by atoms with Crippen molar-refractivity contribution < 1.29 is 26.4 Å². The Morgan fingerprint density at radius 1 is 0.861 bits per heavy atom. The Morgan fingerprint density at radius 2 is 1.44 bits per heavy atom. The fourth-order valence-corrected chi connectivity index (χ4v) is 5.38. The Hall–Kier alpha value is -3.21. The Labute approximate surface area is 208 Å². The molecule has 0 saturated carbocycles. The van der Waals surface area contributed by atoms with Gasteiger partial charge in [0, 0.05) is 44.0 Å². The van der Waals surface area contributed by atoms with Crippen LogP contribution >= 0.6 is 0 Å². The smallest absolute Gasteiger partial charge is 0.322 e. The lowest BCUT2D eigenvalue weighted by atomic mass is 10.1. The summed E-state index contributed by atoms with van der Waals surface area (Å²) in [4.78, 5) is 14.9. The van der Waals surface area contributed by atoms with Crippen molar-refractivity contribution in [3.63, 3.8) is 0 Å². The minimum atomic E-state index is -4.43. The van der Waals surface area contributed by atoms with Gasteiger partial charge in [-0.1, -0.05) is 29.8 Å². The van der Waals surface area contributed by atoms with Crippen LogP contribution in [0.3, 0.4) is 0 Å². The normalized spacial score (nSPS) is 15.6. The molecule has 0 bridgehead atoms. The van der Waals surface area contributed by atoms with Gasteiger partial charge in [-0.05, 0) is 61.0 Å². The molecule has 1 amide bonds. The van der Waals surface area contributed by atoms with Gasteiger partial charge in [-0.25, -0.2) is 8.42 Å². The molecule has 6 nitrogen and oxygen atoms in total. The largest absolute Gasteiger partial charge is 0.416 e. The lowest BCUT2D eigenvalue weighted by molar-refractivity contribution is -0.137. The van der Waals surface area contributed by atoms with Gasteiger partial charge in [-0.15, -0.1) is 0 Å². The summed E-state index contributed by atoms with van der Waals surface area (Å²) in [6, 6.07) is 18.1. The summed E-state index contributed by atoms with van der Waals surface area (Å²) in [6.07, 6.45) is -4.43. The number of rotatable bonds is 6. The number of halogens is 3. The molecule has 3 aromatic rings. The van der Waals surface area contributed by atoms with E-state index in [-0.39, 0.29) is 5.69 Å². The van der Waals surface area contributed by atoms with Gasteiger partial charge in [0.2, 0.25) is 10.0 Å². The molecular formula is C26H26F3N3O3S. The second-order valence-electron chi connectivity index (χ2n) is 8.72. The van der Waals surface area contributed by atoms with Gasteiger partial charge >= 0.3 is 6.18 Å². The predicted molar refractivity (Wildman–Crippen MR) is 131 cm³/mol. The zero-order valence-electron chi connectivity index (χ0n) is 19.6. The summed E-state index contributed by atoms with van der Waals surface area (Å²) in [5.74, 6) is -0.420. The van der Waals surface area contributed by atoms with E-state index < -0.39 is 27.7 Å². The molecule has 0 radical (unpaired) electrons. The predicted octanol–water partition coefficient (Wildman–Crippen LogP) is 4.77. The van der Waals surface area contributed by atoms with Crippen molar-refractivity contribution in [3.05, 3.63) is 95.1 Å². The molecule has 1 fully saturated rings. The molecule has 1 saturated heterocycles. The SMILES string of the molecule is Cc1ccc(S(=O)(=O)N2CCN(Cc3ccc(C(=O)Nc4ccc(C(F)(F)F)cc4)cc3)CC2)cc1. The quantitative estimate of drug-likeness (QED) is 0.511. The maximum Gasteiger partial charge on any atom is 0.416 e. The molecule has 3 aromatic carbocycles. The van der Waals surface area contributed by atoms with Gasteiger partial charge in [0.1, 0.15) is 0 Å². The molecule has 1 N–H and O–H groups in total. The molecule has 1 aliphatic rings. The van der Waals surface area contributed by atoms with Crippen LogP contribution in [0.4, 0.5) is 18.9 Å². The molecule has 10 heteroatoms. The summed E-state index contributed by atoms with van der Waals surface area (Å²) in [5.41, 5.74) is 1.85. The van der Waals surface area contributed by atoms with E-state index in [1.54, 1.807) is 36.4 Å².